The van der Waals surface area contributed by atoms with Gasteiger partial charge in [0.15, 0.2) is 0 Å². The number of nitrogens with zero attached hydrogens (tertiary/aromatic N) is 1. The fourth-order valence-electron chi connectivity index (χ4n) is 2.42. The highest BCUT2D eigenvalue weighted by molar-refractivity contribution is 7.99. The molecule has 3 rings (SSSR count). The monoisotopic (exact) mass is 344 g/mol. The number of anilines is 1. The number of amides is 2. The van der Waals surface area contributed by atoms with Crippen LogP contribution >= 0.6 is 11.8 Å². The minimum absolute atomic E-state index is 0.125. The highest BCUT2D eigenvalue weighted by atomic mass is 32.2. The van der Waals surface area contributed by atoms with Crippen molar-refractivity contribution < 1.29 is 14.3 Å². The van der Waals surface area contributed by atoms with Crippen LogP contribution in [0.2, 0.25) is 0 Å². The fourth-order valence-corrected chi connectivity index (χ4v) is 3.29. The first-order chi connectivity index (χ1) is 11.8. The number of hydrogen-bond acceptors (Lipinski definition) is 4. The number of methoxy groups -OCH3 is 1. The molecule has 2 aromatic rings. The van der Waals surface area contributed by atoms with Gasteiger partial charge >= 0.3 is 6.03 Å². The van der Waals surface area contributed by atoms with Crippen LogP contribution in [0.25, 0.3) is 0 Å². The van der Waals surface area contributed by atoms with E-state index >= 15 is 0 Å². The Morgan fingerprint density at radius 3 is 2.58 bits per heavy atom. The van der Waals surface area contributed by atoms with Crippen molar-refractivity contribution in [3.8, 4) is 5.75 Å². The molecule has 0 radical (unpaired) electrons. The standard InChI is InChI=1S/C18H20N2O3S/c1-22-17-13-15(24-14-5-3-2-4-6-14)7-8-16(17)19-18(21)20-9-11-23-12-10-20/h2-8,13H,9-12H2,1H3,(H,19,21). The molecule has 0 unspecified atom stereocenters. The number of morpholine rings is 1. The van der Waals surface area contributed by atoms with Crippen molar-refractivity contribution in [1.29, 1.82) is 0 Å². The Morgan fingerprint density at radius 2 is 1.88 bits per heavy atom. The van der Waals surface area contributed by atoms with Gasteiger partial charge < -0.3 is 19.7 Å². The molecule has 0 atom stereocenters. The topological polar surface area (TPSA) is 50.8 Å². The van der Waals surface area contributed by atoms with E-state index < -0.39 is 0 Å². The summed E-state index contributed by atoms with van der Waals surface area (Å²) in [6.07, 6.45) is 0. The predicted molar refractivity (Wildman–Crippen MR) is 95.0 cm³/mol. The third-order valence-corrected chi connectivity index (χ3v) is 4.69. The van der Waals surface area contributed by atoms with E-state index in [9.17, 15) is 4.79 Å². The van der Waals surface area contributed by atoms with Crippen molar-refractivity contribution >= 4 is 23.5 Å². The maximum absolute atomic E-state index is 12.3. The minimum atomic E-state index is -0.125. The number of rotatable bonds is 4. The van der Waals surface area contributed by atoms with Gasteiger partial charge in [0.2, 0.25) is 0 Å². The molecule has 6 heteroatoms. The number of hydrogen-bond donors (Lipinski definition) is 1. The number of carbonyl (C=O) groups excluding carboxylic acids is 1. The van der Waals surface area contributed by atoms with E-state index in [0.29, 0.717) is 37.7 Å². The van der Waals surface area contributed by atoms with Crippen LogP contribution in [0.5, 0.6) is 5.75 Å². The van der Waals surface area contributed by atoms with E-state index in [0.717, 1.165) is 9.79 Å². The second-order valence-corrected chi connectivity index (χ2v) is 6.45. The molecule has 0 saturated carbocycles. The molecule has 1 fully saturated rings. The summed E-state index contributed by atoms with van der Waals surface area (Å²) in [6.45, 7) is 2.38. The Bertz CT molecular complexity index is 688. The minimum Gasteiger partial charge on any atom is -0.495 e. The second kappa shape index (κ2) is 8.08. The van der Waals surface area contributed by atoms with Crippen LogP contribution in [-0.2, 0) is 4.74 Å². The largest absolute Gasteiger partial charge is 0.495 e. The first-order valence-corrected chi connectivity index (χ1v) is 8.62. The maximum Gasteiger partial charge on any atom is 0.322 e. The number of ether oxygens (including phenoxy) is 2. The summed E-state index contributed by atoms with van der Waals surface area (Å²) in [7, 11) is 1.61. The molecule has 5 nitrogen and oxygen atoms in total. The lowest BCUT2D eigenvalue weighted by atomic mass is 10.3. The van der Waals surface area contributed by atoms with Crippen LogP contribution in [0, 0.1) is 0 Å². The Balaban J connectivity index is 1.70. The van der Waals surface area contributed by atoms with Gasteiger partial charge in [-0.25, -0.2) is 4.79 Å². The SMILES string of the molecule is COc1cc(Sc2ccccc2)ccc1NC(=O)N1CCOCC1. The molecule has 1 saturated heterocycles. The summed E-state index contributed by atoms with van der Waals surface area (Å²) in [4.78, 5) is 16.3. The third kappa shape index (κ3) is 4.21. The van der Waals surface area contributed by atoms with Crippen LogP contribution in [0.3, 0.4) is 0 Å². The summed E-state index contributed by atoms with van der Waals surface area (Å²) in [5.74, 6) is 0.651. The second-order valence-electron chi connectivity index (χ2n) is 5.31. The molecule has 1 N–H and O–H groups in total. The van der Waals surface area contributed by atoms with Crippen molar-refractivity contribution in [2.75, 3.05) is 38.7 Å². The molecule has 1 aliphatic rings. The lowest BCUT2D eigenvalue weighted by Crippen LogP contribution is -2.43. The lowest BCUT2D eigenvalue weighted by molar-refractivity contribution is 0.0564. The van der Waals surface area contributed by atoms with Gasteiger partial charge in [0.1, 0.15) is 5.75 Å². The summed E-state index contributed by atoms with van der Waals surface area (Å²) in [5.41, 5.74) is 0.673. The highest BCUT2D eigenvalue weighted by Crippen LogP contribution is 2.34. The summed E-state index contributed by atoms with van der Waals surface area (Å²) >= 11 is 1.65. The summed E-state index contributed by atoms with van der Waals surface area (Å²) in [5, 5.41) is 2.92. The van der Waals surface area contributed by atoms with E-state index in [2.05, 4.69) is 17.4 Å². The lowest BCUT2D eigenvalue weighted by Gasteiger charge is -2.27. The fraction of sp³-hybridized carbons (Fsp3) is 0.278. The van der Waals surface area contributed by atoms with Gasteiger partial charge in [0.25, 0.3) is 0 Å². The van der Waals surface area contributed by atoms with Gasteiger partial charge in [-0.05, 0) is 30.3 Å². The van der Waals surface area contributed by atoms with Crippen LogP contribution in [0.1, 0.15) is 0 Å². The zero-order chi connectivity index (χ0) is 16.8. The van der Waals surface area contributed by atoms with Gasteiger partial charge in [0.05, 0.1) is 26.0 Å². The molecule has 126 valence electrons. The average molecular weight is 344 g/mol. The van der Waals surface area contributed by atoms with E-state index in [-0.39, 0.29) is 6.03 Å². The first kappa shape index (κ1) is 16.7. The van der Waals surface area contributed by atoms with Crippen LogP contribution in [-0.4, -0.2) is 44.3 Å². The van der Waals surface area contributed by atoms with Gasteiger partial charge in [-0.3, -0.25) is 0 Å². The average Bonchev–Trinajstić information content (AvgIpc) is 2.64. The van der Waals surface area contributed by atoms with Crippen molar-refractivity contribution in [2.45, 2.75) is 9.79 Å². The number of carbonyl (C=O) groups is 1. The van der Waals surface area contributed by atoms with Crippen molar-refractivity contribution in [1.82, 2.24) is 4.90 Å². The molecule has 2 aromatic carbocycles. The smallest absolute Gasteiger partial charge is 0.322 e. The quantitative estimate of drug-likeness (QED) is 0.919. The number of urea groups is 1. The predicted octanol–water partition coefficient (Wildman–Crippen LogP) is 3.71. The summed E-state index contributed by atoms with van der Waals surface area (Å²) in [6, 6.07) is 15.8. The third-order valence-electron chi connectivity index (χ3n) is 3.69. The number of nitrogens with one attached hydrogen (secondary N) is 1. The van der Waals surface area contributed by atoms with E-state index in [4.69, 9.17) is 9.47 Å². The van der Waals surface area contributed by atoms with Gasteiger partial charge in [-0.1, -0.05) is 30.0 Å². The molecule has 0 bridgehead atoms. The highest BCUT2D eigenvalue weighted by Gasteiger charge is 2.18. The van der Waals surface area contributed by atoms with Crippen molar-refractivity contribution in [3.63, 3.8) is 0 Å². The Labute approximate surface area is 145 Å². The van der Waals surface area contributed by atoms with E-state index in [1.807, 2.05) is 36.4 Å². The molecule has 0 spiro atoms. The molecular weight excluding hydrogens is 324 g/mol. The zero-order valence-corrected chi connectivity index (χ0v) is 14.3. The van der Waals surface area contributed by atoms with Gasteiger partial charge in [0, 0.05) is 22.9 Å². The van der Waals surface area contributed by atoms with Crippen LogP contribution in [0.15, 0.2) is 58.3 Å². The molecular formula is C18H20N2O3S. The van der Waals surface area contributed by atoms with E-state index in [1.165, 1.54) is 0 Å². The summed E-state index contributed by atoms with van der Waals surface area (Å²) < 4.78 is 10.7. The molecule has 2 amide bonds. The Morgan fingerprint density at radius 1 is 1.12 bits per heavy atom. The molecule has 24 heavy (non-hydrogen) atoms. The molecule has 0 aliphatic carbocycles. The maximum atomic E-state index is 12.3. The normalized spacial score (nSPS) is 14.3. The van der Waals surface area contributed by atoms with Crippen molar-refractivity contribution in [3.05, 3.63) is 48.5 Å². The Kier molecular flexibility index (Phi) is 5.61. The first-order valence-electron chi connectivity index (χ1n) is 7.81. The van der Waals surface area contributed by atoms with Gasteiger partial charge in [-0.2, -0.15) is 0 Å². The van der Waals surface area contributed by atoms with E-state index in [1.54, 1.807) is 23.8 Å². The van der Waals surface area contributed by atoms with Gasteiger partial charge in [-0.15, -0.1) is 0 Å². The number of benzene rings is 2. The molecule has 1 heterocycles. The molecule has 0 aromatic heterocycles. The molecule has 1 aliphatic heterocycles. The van der Waals surface area contributed by atoms with Crippen LogP contribution in [0.4, 0.5) is 10.5 Å². The van der Waals surface area contributed by atoms with Crippen LogP contribution < -0.4 is 10.1 Å². The Hall–Kier alpha value is -2.18. The zero-order valence-electron chi connectivity index (χ0n) is 13.5. The van der Waals surface area contributed by atoms with Crippen molar-refractivity contribution in [2.24, 2.45) is 0 Å².